The molecule has 4 heteroatoms. The van der Waals surface area contributed by atoms with E-state index in [-0.39, 0.29) is 11.8 Å². The van der Waals surface area contributed by atoms with Crippen LogP contribution in [0.2, 0.25) is 0 Å². The summed E-state index contributed by atoms with van der Waals surface area (Å²) in [5.74, 6) is -0.416. The normalized spacial score (nSPS) is 10.6. The maximum Gasteiger partial charge on any atom is 0.256 e. The third kappa shape index (κ3) is 5.71. The minimum absolute atomic E-state index is 0.197. The third-order valence-electron chi connectivity index (χ3n) is 6.52. The molecular weight excluding hydrogens is 468 g/mol. The van der Waals surface area contributed by atoms with Crippen LogP contribution in [0.5, 0.6) is 0 Å². The molecule has 0 atom stereocenters. The number of anilines is 1. The van der Waals surface area contributed by atoms with Crippen LogP contribution >= 0.6 is 0 Å². The minimum Gasteiger partial charge on any atom is -0.348 e. The molecule has 2 N–H and O–H groups in total. The van der Waals surface area contributed by atoms with E-state index >= 15 is 0 Å². The van der Waals surface area contributed by atoms with Gasteiger partial charge in [-0.15, -0.1) is 0 Å². The van der Waals surface area contributed by atoms with Crippen molar-refractivity contribution >= 4 is 17.5 Å². The smallest absolute Gasteiger partial charge is 0.256 e. The molecule has 0 aliphatic rings. The molecule has 4 nitrogen and oxygen atoms in total. The van der Waals surface area contributed by atoms with Crippen LogP contribution < -0.4 is 10.6 Å². The first-order chi connectivity index (χ1) is 18.6. The Kier molecular flexibility index (Phi) is 7.42. The molecule has 5 aromatic carbocycles. The van der Waals surface area contributed by atoms with Gasteiger partial charge in [-0.1, -0.05) is 109 Å². The average Bonchev–Trinajstić information content (AvgIpc) is 2.98. The molecule has 5 rings (SSSR count). The summed E-state index contributed by atoms with van der Waals surface area (Å²) in [5, 5.41) is 5.99. The van der Waals surface area contributed by atoms with Crippen molar-refractivity contribution in [2.45, 2.75) is 13.5 Å². The van der Waals surface area contributed by atoms with Crippen LogP contribution in [0, 0.1) is 6.92 Å². The number of rotatable bonds is 7. The molecule has 0 bridgehead atoms. The van der Waals surface area contributed by atoms with E-state index in [1.54, 1.807) is 12.1 Å². The SMILES string of the molecule is Cc1ccc(C(=O)NCc2ccc(-c3ccccc3)cc2)cc1NC(=O)c1ccccc1-c1ccccc1. The Morgan fingerprint density at radius 1 is 0.605 bits per heavy atom. The van der Waals surface area contributed by atoms with E-state index in [2.05, 4.69) is 34.9 Å². The number of benzene rings is 5. The predicted octanol–water partition coefficient (Wildman–Crippen LogP) is 7.51. The largest absolute Gasteiger partial charge is 0.348 e. The van der Waals surface area contributed by atoms with E-state index in [4.69, 9.17) is 0 Å². The highest BCUT2D eigenvalue weighted by Crippen LogP contribution is 2.25. The Labute approximate surface area is 223 Å². The molecule has 0 aliphatic heterocycles. The van der Waals surface area contributed by atoms with Gasteiger partial charge in [0.1, 0.15) is 0 Å². The summed E-state index contributed by atoms with van der Waals surface area (Å²) in [6.45, 7) is 2.32. The number of amides is 2. The van der Waals surface area contributed by atoms with E-state index in [1.807, 2.05) is 97.9 Å². The monoisotopic (exact) mass is 496 g/mol. The minimum atomic E-state index is -0.219. The summed E-state index contributed by atoms with van der Waals surface area (Å²) in [6, 6.07) is 41.0. The summed E-state index contributed by atoms with van der Waals surface area (Å²) in [6.07, 6.45) is 0. The third-order valence-corrected chi connectivity index (χ3v) is 6.52. The van der Waals surface area contributed by atoms with Crippen LogP contribution in [0.1, 0.15) is 31.8 Å². The molecule has 0 radical (unpaired) electrons. The second-order valence-corrected chi connectivity index (χ2v) is 9.14. The molecule has 0 aromatic heterocycles. The lowest BCUT2D eigenvalue weighted by atomic mass is 9.99. The highest BCUT2D eigenvalue weighted by molar-refractivity contribution is 6.09. The fourth-order valence-corrected chi connectivity index (χ4v) is 4.37. The zero-order valence-corrected chi connectivity index (χ0v) is 21.1. The van der Waals surface area contributed by atoms with Gasteiger partial charge in [0.25, 0.3) is 11.8 Å². The summed E-state index contributed by atoms with van der Waals surface area (Å²) in [5.41, 5.74) is 7.68. The molecule has 2 amide bonds. The van der Waals surface area contributed by atoms with Crippen LogP contribution in [-0.2, 0) is 6.54 Å². The zero-order valence-electron chi connectivity index (χ0n) is 21.1. The fourth-order valence-electron chi connectivity index (χ4n) is 4.37. The van der Waals surface area contributed by atoms with E-state index < -0.39 is 0 Å². The Bertz CT molecular complexity index is 1560. The van der Waals surface area contributed by atoms with Crippen LogP contribution in [0.25, 0.3) is 22.3 Å². The van der Waals surface area contributed by atoms with Gasteiger partial charge in [0, 0.05) is 23.4 Å². The number of hydrogen-bond donors (Lipinski definition) is 2. The molecule has 0 aliphatic carbocycles. The Hall–Kier alpha value is -4.96. The molecule has 0 saturated heterocycles. The number of carbonyl (C=O) groups excluding carboxylic acids is 2. The Balaban J connectivity index is 1.27. The van der Waals surface area contributed by atoms with Crippen molar-refractivity contribution in [3.8, 4) is 22.3 Å². The van der Waals surface area contributed by atoms with Crippen molar-refractivity contribution < 1.29 is 9.59 Å². The molecular formula is C34H28N2O2. The zero-order chi connectivity index (χ0) is 26.3. The van der Waals surface area contributed by atoms with Crippen LogP contribution in [-0.4, -0.2) is 11.8 Å². The summed E-state index contributed by atoms with van der Waals surface area (Å²) >= 11 is 0. The van der Waals surface area contributed by atoms with Gasteiger partial charge < -0.3 is 10.6 Å². The number of aryl methyl sites for hydroxylation is 1. The van der Waals surface area contributed by atoms with Crippen LogP contribution in [0.15, 0.2) is 127 Å². The van der Waals surface area contributed by atoms with E-state index in [0.717, 1.165) is 33.4 Å². The van der Waals surface area contributed by atoms with Crippen molar-refractivity contribution in [2.75, 3.05) is 5.32 Å². The molecule has 0 fully saturated rings. The first-order valence-electron chi connectivity index (χ1n) is 12.6. The van der Waals surface area contributed by atoms with E-state index in [1.165, 1.54) is 0 Å². The standard InChI is InChI=1S/C34H28N2O2/c1-24-16-19-29(33(37)35-23-25-17-20-27(21-18-25)26-10-4-2-5-11-26)22-32(24)36-34(38)31-15-9-8-14-30(31)28-12-6-3-7-13-28/h2-22H,23H2,1H3,(H,35,37)(H,36,38). The van der Waals surface area contributed by atoms with Gasteiger partial charge in [-0.2, -0.15) is 0 Å². The molecule has 0 spiro atoms. The van der Waals surface area contributed by atoms with Crippen molar-refractivity contribution in [1.82, 2.24) is 5.32 Å². The molecule has 0 saturated carbocycles. The Morgan fingerprint density at radius 3 is 1.92 bits per heavy atom. The van der Waals surface area contributed by atoms with Gasteiger partial charge >= 0.3 is 0 Å². The molecule has 186 valence electrons. The lowest BCUT2D eigenvalue weighted by molar-refractivity contribution is 0.0949. The second-order valence-electron chi connectivity index (χ2n) is 9.14. The van der Waals surface area contributed by atoms with Crippen molar-refractivity contribution in [3.05, 3.63) is 150 Å². The van der Waals surface area contributed by atoms with Crippen molar-refractivity contribution in [3.63, 3.8) is 0 Å². The second kappa shape index (κ2) is 11.4. The van der Waals surface area contributed by atoms with Crippen LogP contribution in [0.3, 0.4) is 0 Å². The Morgan fingerprint density at radius 2 is 1.21 bits per heavy atom. The predicted molar refractivity (Wildman–Crippen MR) is 154 cm³/mol. The lowest BCUT2D eigenvalue weighted by Gasteiger charge is -2.13. The summed E-state index contributed by atoms with van der Waals surface area (Å²) in [4.78, 5) is 26.2. The molecule has 0 unspecified atom stereocenters. The van der Waals surface area contributed by atoms with E-state index in [9.17, 15) is 9.59 Å². The molecule has 5 aromatic rings. The van der Waals surface area contributed by atoms with Gasteiger partial charge in [0.05, 0.1) is 0 Å². The number of hydrogen-bond acceptors (Lipinski definition) is 2. The average molecular weight is 497 g/mol. The highest BCUT2D eigenvalue weighted by atomic mass is 16.2. The quantitative estimate of drug-likeness (QED) is 0.245. The topological polar surface area (TPSA) is 58.2 Å². The summed E-state index contributed by atoms with van der Waals surface area (Å²) in [7, 11) is 0. The van der Waals surface area contributed by atoms with Crippen molar-refractivity contribution in [2.24, 2.45) is 0 Å². The van der Waals surface area contributed by atoms with Crippen molar-refractivity contribution in [1.29, 1.82) is 0 Å². The number of carbonyl (C=O) groups is 2. The maximum absolute atomic E-state index is 13.3. The van der Waals surface area contributed by atoms with Crippen LogP contribution in [0.4, 0.5) is 5.69 Å². The molecule has 0 heterocycles. The molecule has 38 heavy (non-hydrogen) atoms. The van der Waals surface area contributed by atoms with E-state index in [0.29, 0.717) is 23.4 Å². The fraction of sp³-hybridized carbons (Fsp3) is 0.0588. The number of nitrogens with one attached hydrogen (secondary N) is 2. The van der Waals surface area contributed by atoms with Gasteiger partial charge in [-0.05, 0) is 58.5 Å². The summed E-state index contributed by atoms with van der Waals surface area (Å²) < 4.78 is 0. The highest BCUT2D eigenvalue weighted by Gasteiger charge is 2.15. The van der Waals surface area contributed by atoms with Gasteiger partial charge in [-0.3, -0.25) is 9.59 Å². The first kappa shape index (κ1) is 24.7. The lowest BCUT2D eigenvalue weighted by Crippen LogP contribution is -2.23. The maximum atomic E-state index is 13.3. The van der Waals surface area contributed by atoms with Gasteiger partial charge in [0.2, 0.25) is 0 Å². The van der Waals surface area contributed by atoms with Gasteiger partial charge in [-0.25, -0.2) is 0 Å². The first-order valence-corrected chi connectivity index (χ1v) is 12.6. The van der Waals surface area contributed by atoms with Gasteiger partial charge in [0.15, 0.2) is 0 Å².